The van der Waals surface area contributed by atoms with Crippen LogP contribution in [0, 0.1) is 0 Å². The quantitative estimate of drug-likeness (QED) is 0.235. The average Bonchev–Trinajstić information content (AvgIpc) is 2.14. The highest BCUT2D eigenvalue weighted by molar-refractivity contribution is 7.86. The molecule has 7 nitrogen and oxygen atoms in total. The first-order valence-corrected chi connectivity index (χ1v) is 5.56. The van der Waals surface area contributed by atoms with Crippen molar-refractivity contribution in [2.75, 3.05) is 12.4 Å². The predicted molar refractivity (Wildman–Crippen MR) is 48.9 cm³/mol. The summed E-state index contributed by atoms with van der Waals surface area (Å²) in [5.74, 6) is -0.733. The van der Waals surface area contributed by atoms with Crippen LogP contribution in [-0.4, -0.2) is 43.6 Å². The summed E-state index contributed by atoms with van der Waals surface area (Å²) in [6.07, 6.45) is 1.64. The third-order valence-corrected chi connectivity index (χ3v) is 2.25. The zero-order valence-corrected chi connectivity index (χ0v) is 8.59. The average molecular weight is 240 g/mol. The van der Waals surface area contributed by atoms with Gasteiger partial charge in [-0.25, -0.2) is 0 Å². The maximum atomic E-state index is 10.9. The highest BCUT2D eigenvalue weighted by Gasteiger charge is 2.17. The van der Waals surface area contributed by atoms with Crippen LogP contribution in [0.15, 0.2) is 12.2 Å². The minimum atomic E-state index is -4.10. The Morgan fingerprint density at radius 2 is 2.07 bits per heavy atom. The number of aliphatic hydroxyl groups excluding tert-OH is 2. The lowest BCUT2D eigenvalue weighted by Crippen LogP contribution is -2.20. The second-order valence-electron chi connectivity index (χ2n) is 2.49. The van der Waals surface area contributed by atoms with Gasteiger partial charge in [-0.2, -0.15) is 8.42 Å². The first kappa shape index (κ1) is 14.0. The van der Waals surface area contributed by atoms with Crippen LogP contribution in [0.25, 0.3) is 0 Å². The first-order valence-electron chi connectivity index (χ1n) is 3.98. The number of carbonyl (C=O) groups excluding carboxylic acids is 1. The third-order valence-electron chi connectivity index (χ3n) is 1.21. The molecular formula is C7H12O7S. The molecule has 0 radical (unpaired) electrons. The van der Waals surface area contributed by atoms with Gasteiger partial charge in [0.05, 0.1) is 6.10 Å². The molecule has 0 aromatic carbocycles. The Labute approximate surface area is 87.0 Å². The number of rotatable bonds is 8. The molecule has 0 aliphatic carbocycles. The van der Waals surface area contributed by atoms with E-state index in [1.54, 1.807) is 0 Å². The molecule has 1 atom stereocenters. The van der Waals surface area contributed by atoms with Gasteiger partial charge in [-0.1, -0.05) is 16.5 Å². The van der Waals surface area contributed by atoms with E-state index in [0.717, 1.165) is 0 Å². The monoisotopic (exact) mass is 240 g/mol. The van der Waals surface area contributed by atoms with Crippen molar-refractivity contribution in [3.8, 4) is 0 Å². The van der Waals surface area contributed by atoms with Crippen LogP contribution in [0.2, 0.25) is 0 Å². The van der Waals surface area contributed by atoms with E-state index in [4.69, 9.17) is 10.2 Å². The van der Waals surface area contributed by atoms with E-state index in [1.165, 1.54) is 12.2 Å². The van der Waals surface area contributed by atoms with Crippen LogP contribution in [0.1, 0.15) is 6.42 Å². The minimum Gasteiger partial charge on any atom is -0.396 e. The molecule has 0 spiro atoms. The lowest BCUT2D eigenvalue weighted by Gasteiger charge is -2.04. The van der Waals surface area contributed by atoms with Crippen molar-refractivity contribution in [3.05, 3.63) is 12.2 Å². The first-order chi connectivity index (χ1) is 7.02. The molecule has 0 saturated carbocycles. The van der Waals surface area contributed by atoms with Crippen LogP contribution in [0.5, 0.6) is 0 Å². The normalized spacial score (nSPS) is 14.0. The van der Waals surface area contributed by atoms with Crippen molar-refractivity contribution in [2.45, 2.75) is 12.5 Å². The molecule has 0 aromatic heterocycles. The molecule has 0 heterocycles. The zero-order chi connectivity index (χ0) is 11.7. The summed E-state index contributed by atoms with van der Waals surface area (Å²) in [5.41, 5.74) is 0. The van der Waals surface area contributed by atoms with Gasteiger partial charge in [0.1, 0.15) is 5.75 Å². The number of hydrogen-bond acceptors (Lipinski definition) is 7. The van der Waals surface area contributed by atoms with Crippen LogP contribution >= 0.6 is 0 Å². The second kappa shape index (κ2) is 7.35. The van der Waals surface area contributed by atoms with Crippen LogP contribution in [-0.2, 0) is 24.1 Å². The fourth-order valence-corrected chi connectivity index (χ4v) is 1.43. The summed E-state index contributed by atoms with van der Waals surface area (Å²) in [4.78, 5) is 13.2. The van der Waals surface area contributed by atoms with Crippen molar-refractivity contribution < 1.29 is 32.6 Å². The van der Waals surface area contributed by atoms with Gasteiger partial charge < -0.3 is 10.2 Å². The van der Waals surface area contributed by atoms with Crippen LogP contribution in [0.4, 0.5) is 0 Å². The van der Waals surface area contributed by atoms with E-state index < -0.39 is 22.0 Å². The molecule has 8 heteroatoms. The van der Waals surface area contributed by atoms with E-state index >= 15 is 0 Å². The van der Waals surface area contributed by atoms with Gasteiger partial charge in [0.2, 0.25) is 0 Å². The van der Waals surface area contributed by atoms with Crippen molar-refractivity contribution in [3.63, 3.8) is 0 Å². The topological polar surface area (TPSA) is 110 Å². The van der Waals surface area contributed by atoms with Gasteiger partial charge in [-0.3, -0.25) is 9.68 Å². The van der Waals surface area contributed by atoms with Crippen LogP contribution in [0.3, 0.4) is 0 Å². The van der Waals surface area contributed by atoms with Crippen molar-refractivity contribution in [1.82, 2.24) is 0 Å². The van der Waals surface area contributed by atoms with Gasteiger partial charge in [0, 0.05) is 6.61 Å². The largest absolute Gasteiger partial charge is 0.396 e. The molecule has 0 aliphatic rings. The van der Waals surface area contributed by atoms with E-state index in [9.17, 15) is 13.2 Å². The Hall–Kier alpha value is -0.960. The highest BCUT2D eigenvalue weighted by atomic mass is 32.2. The summed E-state index contributed by atoms with van der Waals surface area (Å²) in [6, 6.07) is 0. The molecule has 1 unspecified atom stereocenters. The lowest BCUT2D eigenvalue weighted by atomic mass is 10.3. The second-order valence-corrected chi connectivity index (χ2v) is 4.08. The van der Waals surface area contributed by atoms with Crippen molar-refractivity contribution in [1.29, 1.82) is 0 Å². The van der Waals surface area contributed by atoms with Gasteiger partial charge in [0.25, 0.3) is 0 Å². The Balaban J connectivity index is 4.03. The number of carbonyl (C=O) groups is 1. The third kappa shape index (κ3) is 8.06. The SMILES string of the molecule is O=COOS(=O)(=O)CC(O)/C=C/CCO. The number of aliphatic hydroxyl groups is 2. The molecule has 0 rings (SSSR count). The molecular weight excluding hydrogens is 228 g/mol. The molecule has 0 aromatic rings. The molecule has 2 N–H and O–H groups in total. The summed E-state index contributed by atoms with van der Waals surface area (Å²) in [6.45, 7) is -0.285. The van der Waals surface area contributed by atoms with Gasteiger partial charge in [-0.05, 0) is 6.42 Å². The molecule has 0 saturated heterocycles. The van der Waals surface area contributed by atoms with E-state index in [0.29, 0.717) is 6.42 Å². The zero-order valence-electron chi connectivity index (χ0n) is 7.77. The van der Waals surface area contributed by atoms with E-state index in [1.807, 2.05) is 0 Å². The van der Waals surface area contributed by atoms with E-state index in [2.05, 4.69) is 9.22 Å². The molecule has 0 amide bonds. The van der Waals surface area contributed by atoms with Crippen LogP contribution < -0.4 is 0 Å². The standard InChI is InChI=1S/C7H12O7S/c8-4-2-1-3-7(10)5-15(11,12)14-13-6-9/h1,3,6-8,10H,2,4-5H2/b3-1+. The summed E-state index contributed by atoms with van der Waals surface area (Å²) in [7, 11) is -4.10. The maximum Gasteiger partial charge on any atom is 0.332 e. The molecule has 0 aliphatic heterocycles. The van der Waals surface area contributed by atoms with Gasteiger partial charge in [0.15, 0.2) is 0 Å². The van der Waals surface area contributed by atoms with Gasteiger partial charge in [-0.15, -0.1) is 0 Å². The molecule has 88 valence electrons. The smallest absolute Gasteiger partial charge is 0.332 e. The fraction of sp³-hybridized carbons (Fsp3) is 0.571. The minimum absolute atomic E-state index is 0.0965. The Kier molecular flexibility index (Phi) is 6.88. The van der Waals surface area contributed by atoms with Gasteiger partial charge >= 0.3 is 16.6 Å². The van der Waals surface area contributed by atoms with Crippen molar-refractivity contribution in [2.24, 2.45) is 0 Å². The maximum absolute atomic E-state index is 10.9. The molecule has 15 heavy (non-hydrogen) atoms. The highest BCUT2D eigenvalue weighted by Crippen LogP contribution is 1.99. The Bertz CT molecular complexity index is 294. The summed E-state index contributed by atoms with van der Waals surface area (Å²) >= 11 is 0. The summed E-state index contributed by atoms with van der Waals surface area (Å²) < 4.78 is 25.5. The Morgan fingerprint density at radius 3 is 2.60 bits per heavy atom. The Morgan fingerprint density at radius 1 is 1.40 bits per heavy atom. The molecule has 0 bridgehead atoms. The number of hydrogen-bond donors (Lipinski definition) is 2. The fourth-order valence-electron chi connectivity index (χ4n) is 0.696. The molecule has 0 fully saturated rings. The van der Waals surface area contributed by atoms with Crippen molar-refractivity contribution >= 4 is 16.6 Å². The van der Waals surface area contributed by atoms with E-state index in [-0.39, 0.29) is 13.1 Å². The predicted octanol–water partition coefficient (Wildman–Crippen LogP) is -1.28. The lowest BCUT2D eigenvalue weighted by molar-refractivity contribution is -0.193. The summed E-state index contributed by atoms with van der Waals surface area (Å²) in [5, 5.41) is 17.5.